The second-order valence-corrected chi connectivity index (χ2v) is 6.88. The number of hydrogen-bond donors (Lipinski definition) is 2. The molecule has 0 bridgehead atoms. The van der Waals surface area contributed by atoms with Gasteiger partial charge in [0.15, 0.2) is 5.82 Å². The minimum absolute atomic E-state index is 0.349. The van der Waals surface area contributed by atoms with Gasteiger partial charge in [0.1, 0.15) is 23.1 Å². The van der Waals surface area contributed by atoms with Gasteiger partial charge < -0.3 is 24.8 Å². The number of nitrogens with zero attached hydrogens (tertiary/aromatic N) is 4. The number of anilines is 2. The largest absolute Gasteiger partial charge is 0.497 e. The Balaban J connectivity index is 1.35. The minimum atomic E-state index is -0.407. The summed E-state index contributed by atoms with van der Waals surface area (Å²) in [4.78, 5) is 16.5. The molecule has 0 atom stereocenters. The number of nitrogens with one attached hydrogen (secondary N) is 2. The second-order valence-electron chi connectivity index (χ2n) is 6.88. The van der Waals surface area contributed by atoms with Crippen LogP contribution in [0.4, 0.5) is 16.2 Å². The molecule has 0 radical (unpaired) electrons. The molecule has 4 rings (SSSR count). The van der Waals surface area contributed by atoms with E-state index >= 15 is 0 Å². The van der Waals surface area contributed by atoms with E-state index in [1.807, 2.05) is 17.7 Å². The molecule has 0 spiro atoms. The van der Waals surface area contributed by atoms with E-state index < -0.39 is 6.03 Å². The van der Waals surface area contributed by atoms with Crippen molar-refractivity contribution in [2.24, 2.45) is 0 Å². The quantitative estimate of drug-likeness (QED) is 0.432. The van der Waals surface area contributed by atoms with Crippen LogP contribution in [0.3, 0.4) is 0 Å². The third-order valence-electron chi connectivity index (χ3n) is 4.64. The van der Waals surface area contributed by atoms with Crippen molar-refractivity contribution < 1.29 is 19.0 Å². The lowest BCUT2D eigenvalue weighted by atomic mass is 10.2. The predicted octanol–water partition coefficient (Wildman–Crippen LogP) is 4.42. The van der Waals surface area contributed by atoms with Crippen LogP contribution in [0.2, 0.25) is 0 Å². The van der Waals surface area contributed by atoms with Crippen molar-refractivity contribution in [1.29, 1.82) is 0 Å². The zero-order valence-corrected chi connectivity index (χ0v) is 18.3. The second kappa shape index (κ2) is 9.69. The lowest BCUT2D eigenvalue weighted by molar-refractivity contribution is 0.262. The highest BCUT2D eigenvalue weighted by molar-refractivity contribution is 6.00. The van der Waals surface area contributed by atoms with Crippen molar-refractivity contribution in [2.45, 2.75) is 6.92 Å². The molecule has 10 nitrogen and oxygen atoms in total. The number of imidazole rings is 1. The third kappa shape index (κ3) is 5.37. The van der Waals surface area contributed by atoms with Crippen molar-refractivity contribution in [3.63, 3.8) is 0 Å². The zero-order valence-electron chi connectivity index (χ0n) is 18.3. The molecule has 4 aromatic rings. The van der Waals surface area contributed by atoms with E-state index in [4.69, 9.17) is 14.2 Å². The Hall–Kier alpha value is -4.60. The van der Waals surface area contributed by atoms with Gasteiger partial charge in [0.2, 0.25) is 5.88 Å². The average molecular weight is 446 g/mol. The first-order valence-corrected chi connectivity index (χ1v) is 9.97. The molecule has 2 aromatic carbocycles. The molecule has 0 aliphatic rings. The number of carbonyl (C=O) groups excluding carboxylic acids is 1. The van der Waals surface area contributed by atoms with Gasteiger partial charge in [-0.1, -0.05) is 0 Å². The fourth-order valence-corrected chi connectivity index (χ4v) is 3.02. The Bertz CT molecular complexity index is 1220. The van der Waals surface area contributed by atoms with Crippen LogP contribution in [0.5, 0.6) is 23.1 Å². The fraction of sp³-hybridized carbons (Fsp3) is 0.130. The van der Waals surface area contributed by atoms with Gasteiger partial charge in [0.25, 0.3) is 0 Å². The van der Waals surface area contributed by atoms with E-state index in [2.05, 4.69) is 25.8 Å². The third-order valence-corrected chi connectivity index (χ3v) is 4.64. The van der Waals surface area contributed by atoms with Crippen LogP contribution >= 0.6 is 0 Å². The number of ether oxygens (including phenoxy) is 3. The number of amides is 2. The minimum Gasteiger partial charge on any atom is -0.497 e. The van der Waals surface area contributed by atoms with E-state index in [9.17, 15) is 4.79 Å². The smallest absolute Gasteiger partial charge is 0.323 e. The first-order valence-electron chi connectivity index (χ1n) is 9.97. The molecule has 10 heteroatoms. The summed E-state index contributed by atoms with van der Waals surface area (Å²) in [6.45, 7) is 1.88. The molecule has 0 saturated carbocycles. The summed E-state index contributed by atoms with van der Waals surface area (Å²) in [7, 11) is 3.09. The van der Waals surface area contributed by atoms with Crippen molar-refractivity contribution >= 4 is 17.4 Å². The van der Waals surface area contributed by atoms with Crippen LogP contribution < -0.4 is 24.8 Å². The molecule has 0 fully saturated rings. The molecule has 168 valence electrons. The van der Waals surface area contributed by atoms with Crippen LogP contribution in [-0.2, 0) is 0 Å². The summed E-state index contributed by atoms with van der Waals surface area (Å²) >= 11 is 0. The van der Waals surface area contributed by atoms with E-state index in [-0.39, 0.29) is 0 Å². The van der Waals surface area contributed by atoms with Gasteiger partial charge in [0.05, 0.1) is 14.2 Å². The van der Waals surface area contributed by atoms with Crippen molar-refractivity contribution in [2.75, 3.05) is 24.9 Å². The Morgan fingerprint density at radius 3 is 2.12 bits per heavy atom. The average Bonchev–Trinajstić information content (AvgIpc) is 3.26. The van der Waals surface area contributed by atoms with E-state index in [0.29, 0.717) is 40.3 Å². The first-order chi connectivity index (χ1) is 16.0. The molecule has 2 N–H and O–H groups in total. The van der Waals surface area contributed by atoms with Gasteiger partial charge in [-0.3, -0.25) is 4.57 Å². The molecule has 0 aliphatic carbocycles. The number of aromatic nitrogens is 4. The lowest BCUT2D eigenvalue weighted by Crippen LogP contribution is -2.19. The number of aryl methyl sites for hydroxylation is 1. The van der Waals surface area contributed by atoms with Crippen LogP contribution in [0.1, 0.15) is 5.82 Å². The molecule has 2 aromatic heterocycles. The molecule has 2 amide bonds. The van der Waals surface area contributed by atoms with E-state index in [1.54, 1.807) is 75.0 Å². The number of rotatable bonds is 7. The van der Waals surface area contributed by atoms with Crippen molar-refractivity contribution in [1.82, 2.24) is 19.7 Å². The van der Waals surface area contributed by atoms with Crippen LogP contribution in [0.25, 0.3) is 5.82 Å². The first kappa shape index (κ1) is 21.6. The van der Waals surface area contributed by atoms with Gasteiger partial charge >= 0.3 is 6.03 Å². The summed E-state index contributed by atoms with van der Waals surface area (Å²) < 4.78 is 18.0. The molecule has 2 heterocycles. The lowest BCUT2D eigenvalue weighted by Gasteiger charge is -2.11. The number of carbonyl (C=O) groups is 1. The zero-order chi connectivity index (χ0) is 23.2. The summed E-state index contributed by atoms with van der Waals surface area (Å²) in [6, 6.07) is 15.1. The Labute approximate surface area is 190 Å². The van der Waals surface area contributed by atoms with E-state index in [0.717, 1.165) is 5.82 Å². The Kier molecular flexibility index (Phi) is 6.35. The summed E-state index contributed by atoms with van der Waals surface area (Å²) in [5, 5.41) is 13.8. The Morgan fingerprint density at radius 1 is 0.848 bits per heavy atom. The van der Waals surface area contributed by atoms with Crippen LogP contribution in [0.15, 0.2) is 67.0 Å². The summed E-state index contributed by atoms with van der Waals surface area (Å²) in [5.74, 6) is 3.51. The predicted molar refractivity (Wildman–Crippen MR) is 123 cm³/mol. The highest BCUT2D eigenvalue weighted by Crippen LogP contribution is 2.26. The normalized spacial score (nSPS) is 10.4. The molecule has 0 unspecified atom stereocenters. The maximum atomic E-state index is 12.4. The topological polar surface area (TPSA) is 112 Å². The number of benzene rings is 2. The maximum absolute atomic E-state index is 12.4. The number of urea groups is 1. The molecular weight excluding hydrogens is 424 g/mol. The van der Waals surface area contributed by atoms with E-state index in [1.165, 1.54) is 0 Å². The van der Waals surface area contributed by atoms with Gasteiger partial charge in [-0.25, -0.2) is 9.78 Å². The van der Waals surface area contributed by atoms with Gasteiger partial charge in [0, 0.05) is 48.0 Å². The maximum Gasteiger partial charge on any atom is 0.323 e. The number of methoxy groups -OCH3 is 2. The summed E-state index contributed by atoms with van der Waals surface area (Å²) in [6.07, 6.45) is 3.51. The standard InChI is InChI=1S/C23H22N6O4/c1-15-24-10-11-29(15)21-8-9-22(28-27-21)33-18-6-4-16(5-7-18)25-23(30)26-17-12-19(31-2)14-20(13-17)32-3/h4-14H,1-3H3,(H2,25,26,30). The highest BCUT2D eigenvalue weighted by atomic mass is 16.5. The highest BCUT2D eigenvalue weighted by Gasteiger charge is 2.08. The number of hydrogen-bond acceptors (Lipinski definition) is 7. The summed E-state index contributed by atoms with van der Waals surface area (Å²) in [5.41, 5.74) is 1.13. The molecule has 0 saturated heterocycles. The van der Waals surface area contributed by atoms with Crippen LogP contribution in [-0.4, -0.2) is 40.0 Å². The monoisotopic (exact) mass is 446 g/mol. The molecule has 0 aliphatic heterocycles. The van der Waals surface area contributed by atoms with Crippen molar-refractivity contribution in [3.8, 4) is 28.9 Å². The SMILES string of the molecule is COc1cc(NC(=O)Nc2ccc(Oc3ccc(-n4ccnc4C)nn3)cc2)cc(OC)c1. The fourth-order valence-electron chi connectivity index (χ4n) is 3.02. The molecular formula is C23H22N6O4. The molecule has 33 heavy (non-hydrogen) atoms. The van der Waals surface area contributed by atoms with Gasteiger partial charge in [-0.05, 0) is 37.3 Å². The van der Waals surface area contributed by atoms with Gasteiger partial charge in [-0.15, -0.1) is 10.2 Å². The van der Waals surface area contributed by atoms with Gasteiger partial charge in [-0.2, -0.15) is 0 Å². The van der Waals surface area contributed by atoms with Crippen LogP contribution in [0, 0.1) is 6.92 Å². The van der Waals surface area contributed by atoms with Crippen molar-refractivity contribution in [3.05, 3.63) is 72.8 Å². The Morgan fingerprint density at radius 2 is 1.55 bits per heavy atom.